The zero-order valence-corrected chi connectivity index (χ0v) is 12.6. The van der Waals surface area contributed by atoms with Crippen LogP contribution in [0.3, 0.4) is 0 Å². The fourth-order valence-corrected chi connectivity index (χ4v) is 1.26. The Morgan fingerprint density at radius 3 is 2.32 bits per heavy atom. The van der Waals surface area contributed by atoms with Crippen molar-refractivity contribution in [3.8, 4) is 0 Å². The number of Topliss-reactive ketones (excluding diaryl/α,β-unsaturated/α-hetero) is 1. The van der Waals surface area contributed by atoms with E-state index in [4.69, 9.17) is 0 Å². The predicted molar refractivity (Wildman–Crippen MR) is 87.2 cm³/mol. The van der Waals surface area contributed by atoms with E-state index in [1.54, 1.807) is 18.2 Å². The lowest BCUT2D eigenvalue weighted by molar-refractivity contribution is -0.111. The van der Waals surface area contributed by atoms with E-state index in [0.29, 0.717) is 11.1 Å². The van der Waals surface area contributed by atoms with Crippen molar-refractivity contribution in [3.63, 3.8) is 0 Å². The maximum Gasteiger partial charge on any atom is 0.192 e. The van der Waals surface area contributed by atoms with Gasteiger partial charge in [0.2, 0.25) is 0 Å². The number of carbonyl (C=O) groups is 1. The van der Waals surface area contributed by atoms with Crippen molar-refractivity contribution in [2.75, 3.05) is 0 Å². The van der Waals surface area contributed by atoms with Gasteiger partial charge in [0.25, 0.3) is 0 Å². The monoisotopic (exact) mass is 258 g/mol. The summed E-state index contributed by atoms with van der Waals surface area (Å²) in [6.45, 7) is 15.2. The maximum atomic E-state index is 11.9. The smallest absolute Gasteiger partial charge is 0.192 e. The summed E-state index contributed by atoms with van der Waals surface area (Å²) < 4.78 is 0. The van der Waals surface area contributed by atoms with Gasteiger partial charge >= 0.3 is 0 Å². The lowest BCUT2D eigenvalue weighted by atomic mass is 10.0. The Bertz CT molecular complexity index is 390. The molecule has 0 atom stereocenters. The Morgan fingerprint density at radius 2 is 1.79 bits per heavy atom. The molecule has 0 aromatic heterocycles. The van der Waals surface area contributed by atoms with Gasteiger partial charge in [-0.3, -0.25) is 4.79 Å². The molecular weight excluding hydrogens is 232 g/mol. The van der Waals surface area contributed by atoms with Crippen molar-refractivity contribution in [2.45, 2.75) is 34.1 Å². The zero-order chi connectivity index (χ0) is 15.1. The fraction of sp³-hybridized carbons (Fsp3) is 0.278. The van der Waals surface area contributed by atoms with Gasteiger partial charge in [0, 0.05) is 11.1 Å². The summed E-state index contributed by atoms with van der Waals surface area (Å²) in [4.78, 5) is 11.9. The number of hydrogen-bond donors (Lipinski definition) is 0. The highest BCUT2D eigenvalue weighted by atomic mass is 16.1. The lowest BCUT2D eigenvalue weighted by Gasteiger charge is -2.00. The molecule has 1 rings (SSSR count). The summed E-state index contributed by atoms with van der Waals surface area (Å²) in [5.41, 5.74) is 1.24. The number of allylic oxidation sites excluding steroid dienone is 10. The van der Waals surface area contributed by atoms with Crippen LogP contribution in [0.2, 0.25) is 0 Å². The zero-order valence-electron chi connectivity index (χ0n) is 12.6. The van der Waals surface area contributed by atoms with Crippen LogP contribution in [0.15, 0.2) is 72.9 Å². The van der Waals surface area contributed by atoms with Gasteiger partial charge in [-0.05, 0) is 6.42 Å². The second-order valence-electron chi connectivity index (χ2n) is 3.08. The Hall–Kier alpha value is -1.89. The molecule has 0 heterocycles. The Balaban J connectivity index is 0. The summed E-state index contributed by atoms with van der Waals surface area (Å²) >= 11 is 0. The molecule has 0 spiro atoms. The average Bonchev–Trinajstić information content (AvgIpc) is 2.77. The number of rotatable bonds is 4. The van der Waals surface area contributed by atoms with Gasteiger partial charge in [0.05, 0.1) is 0 Å². The molecule has 1 heteroatoms. The quantitative estimate of drug-likeness (QED) is 0.491. The molecule has 0 aliphatic heterocycles. The molecule has 0 bridgehead atoms. The van der Waals surface area contributed by atoms with Gasteiger partial charge < -0.3 is 0 Å². The normalized spacial score (nSPS) is 12.8. The molecule has 0 aromatic carbocycles. The van der Waals surface area contributed by atoms with Crippen LogP contribution in [-0.2, 0) is 4.79 Å². The van der Waals surface area contributed by atoms with Crippen LogP contribution in [0, 0.1) is 0 Å². The Kier molecular flexibility index (Phi) is 14.5. The minimum absolute atomic E-state index is 0.0206. The van der Waals surface area contributed by atoms with Gasteiger partial charge in [-0.1, -0.05) is 89.5 Å². The molecule has 19 heavy (non-hydrogen) atoms. The van der Waals surface area contributed by atoms with Crippen LogP contribution >= 0.6 is 0 Å². The first kappa shape index (κ1) is 19.4. The fourth-order valence-electron chi connectivity index (χ4n) is 1.26. The first-order chi connectivity index (χ1) is 9.29. The largest absolute Gasteiger partial charge is 0.289 e. The molecule has 0 N–H and O–H groups in total. The Morgan fingerprint density at radius 1 is 1.16 bits per heavy atom. The van der Waals surface area contributed by atoms with Gasteiger partial charge in [0.1, 0.15) is 0 Å². The third-order valence-electron chi connectivity index (χ3n) is 2.02. The predicted octanol–water partition coefficient (Wildman–Crippen LogP) is 5.35. The number of ketones is 1. The lowest BCUT2D eigenvalue weighted by Crippen LogP contribution is -2.02. The van der Waals surface area contributed by atoms with Crippen LogP contribution in [0.4, 0.5) is 0 Å². The summed E-state index contributed by atoms with van der Waals surface area (Å²) in [6.07, 6.45) is 15.2. The van der Waals surface area contributed by atoms with Crippen molar-refractivity contribution in [1.82, 2.24) is 0 Å². The first-order valence-electron chi connectivity index (χ1n) is 6.83. The van der Waals surface area contributed by atoms with Crippen molar-refractivity contribution in [2.24, 2.45) is 0 Å². The molecule has 104 valence electrons. The summed E-state index contributed by atoms with van der Waals surface area (Å²) in [5.74, 6) is -0.0206. The van der Waals surface area contributed by atoms with Gasteiger partial charge in [0.15, 0.2) is 5.78 Å². The van der Waals surface area contributed by atoms with E-state index < -0.39 is 0 Å². The first-order valence-corrected chi connectivity index (χ1v) is 6.83. The third-order valence-corrected chi connectivity index (χ3v) is 2.02. The van der Waals surface area contributed by atoms with Crippen molar-refractivity contribution in [3.05, 3.63) is 72.9 Å². The van der Waals surface area contributed by atoms with Crippen LogP contribution in [0.25, 0.3) is 0 Å². The second kappa shape index (κ2) is 14.2. The minimum atomic E-state index is -0.0206. The van der Waals surface area contributed by atoms with Gasteiger partial charge in [-0.15, -0.1) is 0 Å². The minimum Gasteiger partial charge on any atom is -0.289 e. The summed E-state index contributed by atoms with van der Waals surface area (Å²) in [7, 11) is 0. The van der Waals surface area contributed by atoms with E-state index in [2.05, 4.69) is 13.2 Å². The summed E-state index contributed by atoms with van der Waals surface area (Å²) in [6, 6.07) is 0. The van der Waals surface area contributed by atoms with Gasteiger partial charge in [-0.2, -0.15) is 0 Å². The van der Waals surface area contributed by atoms with Crippen molar-refractivity contribution in [1.29, 1.82) is 0 Å². The Labute approximate surface area is 118 Å². The molecule has 1 nitrogen and oxygen atoms in total. The number of hydrogen-bond acceptors (Lipinski definition) is 1. The van der Waals surface area contributed by atoms with Crippen LogP contribution in [0.1, 0.15) is 34.1 Å². The van der Waals surface area contributed by atoms with Crippen molar-refractivity contribution < 1.29 is 4.79 Å². The maximum absolute atomic E-state index is 11.9. The van der Waals surface area contributed by atoms with Crippen LogP contribution < -0.4 is 0 Å². The van der Waals surface area contributed by atoms with Crippen LogP contribution in [0.5, 0.6) is 0 Å². The van der Waals surface area contributed by atoms with Crippen LogP contribution in [-0.4, -0.2) is 5.78 Å². The average molecular weight is 258 g/mol. The van der Waals surface area contributed by atoms with E-state index in [9.17, 15) is 4.79 Å². The molecule has 0 saturated carbocycles. The highest BCUT2D eigenvalue weighted by molar-refractivity contribution is 6.12. The molecule has 0 saturated heterocycles. The highest BCUT2D eigenvalue weighted by Crippen LogP contribution is 2.12. The molecular formula is C18H26O. The number of carbonyl (C=O) groups excluding carboxylic acids is 1. The van der Waals surface area contributed by atoms with E-state index in [-0.39, 0.29) is 5.78 Å². The molecule has 0 fully saturated rings. The van der Waals surface area contributed by atoms with Gasteiger partial charge in [-0.25, -0.2) is 0 Å². The van der Waals surface area contributed by atoms with E-state index in [1.165, 1.54) is 0 Å². The molecule has 0 aromatic rings. The SMILES string of the molecule is C=C/C=C(\C=C)C(=O)C1=CC=CCC=C1.CC.CC. The molecule has 1 aliphatic carbocycles. The molecule has 0 amide bonds. The highest BCUT2D eigenvalue weighted by Gasteiger charge is 2.09. The molecule has 0 radical (unpaired) electrons. The van der Waals surface area contributed by atoms with E-state index >= 15 is 0 Å². The van der Waals surface area contributed by atoms with E-state index in [0.717, 1.165) is 6.42 Å². The van der Waals surface area contributed by atoms with E-state index in [1.807, 2.05) is 58.1 Å². The van der Waals surface area contributed by atoms with Crippen molar-refractivity contribution >= 4 is 5.78 Å². The molecule has 1 aliphatic rings. The topological polar surface area (TPSA) is 17.1 Å². The second-order valence-corrected chi connectivity index (χ2v) is 3.08. The third kappa shape index (κ3) is 7.93. The summed E-state index contributed by atoms with van der Waals surface area (Å²) in [5, 5.41) is 0. The molecule has 0 unspecified atom stereocenters. The standard InChI is InChI=1S/C14H14O.2C2H6/c1-3-9-12(4-2)14(15)13-10-7-5-6-8-11-13;2*1-2/h3-5,7-11H,1-2,6H2;2*1-2H3/b12-9+;;.